The van der Waals surface area contributed by atoms with Crippen LogP contribution in [0.25, 0.3) is 0 Å². The first kappa shape index (κ1) is 17.1. The molecule has 0 radical (unpaired) electrons. The van der Waals surface area contributed by atoms with Crippen LogP contribution >= 0.6 is 0 Å². The number of hydrogen-bond donors (Lipinski definition) is 3. The van der Waals surface area contributed by atoms with Crippen molar-refractivity contribution in [3.8, 4) is 0 Å². The molecule has 0 saturated carbocycles. The number of nitrogens with two attached hydrogens (primary N) is 2. The van der Waals surface area contributed by atoms with Crippen LogP contribution < -0.4 is 15.6 Å². The van der Waals surface area contributed by atoms with Crippen molar-refractivity contribution >= 4 is 20.0 Å². The molecule has 0 aliphatic rings. The van der Waals surface area contributed by atoms with E-state index in [2.05, 4.69) is 4.72 Å². The molecule has 0 saturated heterocycles. The lowest BCUT2D eigenvalue weighted by atomic mass is 10.2. The van der Waals surface area contributed by atoms with Crippen LogP contribution in [0.15, 0.2) is 29.2 Å². The van der Waals surface area contributed by atoms with Crippen LogP contribution in [0.2, 0.25) is 0 Å². The predicted molar refractivity (Wildman–Crippen MR) is 76.7 cm³/mol. The summed E-state index contributed by atoms with van der Waals surface area (Å²) < 4.78 is 48.4. The van der Waals surface area contributed by atoms with Gasteiger partial charge in [0, 0.05) is 13.1 Å². The molecule has 0 heterocycles. The van der Waals surface area contributed by atoms with E-state index in [9.17, 15) is 16.8 Å². The average Bonchev–Trinajstić information content (AvgIpc) is 2.37. The molecule has 0 bridgehead atoms. The topological polar surface area (TPSA) is 132 Å². The summed E-state index contributed by atoms with van der Waals surface area (Å²) in [6, 6.07) is 5.68. The summed E-state index contributed by atoms with van der Waals surface area (Å²) in [5, 5.41) is 4.34. The van der Waals surface area contributed by atoms with E-state index in [1.54, 1.807) is 6.92 Å². The number of benzene rings is 1. The standard InChI is InChI=1S/C11H19N3O4S2/c1-2-10(7-12)20(17,18)14-8-9-3-5-11(6-4-9)19(13,15)16/h3-6,10,14H,2,7-8,12H2,1H3,(H2,13,15,16). The van der Waals surface area contributed by atoms with E-state index in [4.69, 9.17) is 10.9 Å². The molecule has 0 aliphatic carbocycles. The van der Waals surface area contributed by atoms with Crippen molar-refractivity contribution < 1.29 is 16.8 Å². The fraction of sp³-hybridized carbons (Fsp3) is 0.455. The Hall–Kier alpha value is -1.00. The van der Waals surface area contributed by atoms with Gasteiger partial charge in [0.2, 0.25) is 20.0 Å². The van der Waals surface area contributed by atoms with Gasteiger partial charge in [0.15, 0.2) is 0 Å². The van der Waals surface area contributed by atoms with Crippen LogP contribution in [-0.2, 0) is 26.6 Å². The highest BCUT2D eigenvalue weighted by molar-refractivity contribution is 7.90. The molecule has 0 fully saturated rings. The summed E-state index contributed by atoms with van der Waals surface area (Å²) in [4.78, 5) is -0.0162. The molecule has 0 amide bonds. The molecule has 1 aromatic rings. The van der Waals surface area contributed by atoms with Crippen LogP contribution in [0.4, 0.5) is 0 Å². The van der Waals surface area contributed by atoms with Gasteiger partial charge in [-0.1, -0.05) is 19.1 Å². The largest absolute Gasteiger partial charge is 0.329 e. The second-order valence-electron chi connectivity index (χ2n) is 4.32. The molecule has 1 unspecified atom stereocenters. The Kier molecular flexibility index (Phi) is 5.66. The van der Waals surface area contributed by atoms with Crippen molar-refractivity contribution in [2.24, 2.45) is 10.9 Å². The summed E-state index contributed by atoms with van der Waals surface area (Å²) in [6.07, 6.45) is 0.427. The van der Waals surface area contributed by atoms with Crippen LogP contribution in [0.1, 0.15) is 18.9 Å². The van der Waals surface area contributed by atoms with E-state index in [1.165, 1.54) is 24.3 Å². The summed E-state index contributed by atoms with van der Waals surface area (Å²) in [5.41, 5.74) is 6.04. The highest BCUT2D eigenvalue weighted by Crippen LogP contribution is 2.10. The maximum Gasteiger partial charge on any atom is 0.238 e. The SMILES string of the molecule is CCC(CN)S(=O)(=O)NCc1ccc(S(N)(=O)=O)cc1. The zero-order valence-electron chi connectivity index (χ0n) is 11.1. The Morgan fingerprint density at radius 3 is 2.10 bits per heavy atom. The monoisotopic (exact) mass is 321 g/mol. The Balaban J connectivity index is 2.76. The minimum Gasteiger partial charge on any atom is -0.329 e. The maximum absolute atomic E-state index is 11.9. The van der Waals surface area contributed by atoms with E-state index in [0.29, 0.717) is 12.0 Å². The maximum atomic E-state index is 11.9. The van der Waals surface area contributed by atoms with Gasteiger partial charge in [-0.2, -0.15) is 0 Å². The van der Waals surface area contributed by atoms with Crippen LogP contribution in [-0.4, -0.2) is 28.6 Å². The Bertz CT molecular complexity index is 635. The Morgan fingerprint density at radius 1 is 1.15 bits per heavy atom. The number of sulfonamides is 2. The second kappa shape index (κ2) is 6.64. The van der Waals surface area contributed by atoms with Crippen molar-refractivity contribution in [3.05, 3.63) is 29.8 Å². The molecule has 1 atom stereocenters. The van der Waals surface area contributed by atoms with E-state index in [0.717, 1.165) is 0 Å². The number of nitrogens with one attached hydrogen (secondary N) is 1. The molecule has 20 heavy (non-hydrogen) atoms. The van der Waals surface area contributed by atoms with Gasteiger partial charge in [-0.3, -0.25) is 0 Å². The third kappa shape index (κ3) is 4.53. The van der Waals surface area contributed by atoms with Crippen LogP contribution in [0.5, 0.6) is 0 Å². The molecule has 5 N–H and O–H groups in total. The third-order valence-electron chi connectivity index (χ3n) is 2.89. The van der Waals surface area contributed by atoms with Crippen molar-refractivity contribution in [1.82, 2.24) is 4.72 Å². The molecule has 9 heteroatoms. The van der Waals surface area contributed by atoms with Gasteiger partial charge < -0.3 is 5.73 Å². The number of hydrogen-bond acceptors (Lipinski definition) is 5. The quantitative estimate of drug-likeness (QED) is 0.622. The van der Waals surface area contributed by atoms with E-state index in [-0.39, 0.29) is 18.0 Å². The lowest BCUT2D eigenvalue weighted by molar-refractivity contribution is 0.560. The fourth-order valence-corrected chi connectivity index (χ4v) is 3.42. The molecule has 1 rings (SSSR count). The average molecular weight is 321 g/mol. The molecular weight excluding hydrogens is 302 g/mol. The van der Waals surface area contributed by atoms with E-state index >= 15 is 0 Å². The normalized spacial score (nSPS) is 14.2. The first-order valence-corrected chi connectivity index (χ1v) is 9.10. The lowest BCUT2D eigenvalue weighted by Gasteiger charge is -2.14. The molecule has 7 nitrogen and oxygen atoms in total. The first-order valence-electron chi connectivity index (χ1n) is 6.01. The molecule has 0 aliphatic heterocycles. The summed E-state index contributed by atoms with van der Waals surface area (Å²) in [7, 11) is -7.22. The minimum absolute atomic E-state index is 0.0162. The highest BCUT2D eigenvalue weighted by atomic mass is 32.2. The van der Waals surface area contributed by atoms with Gasteiger partial charge >= 0.3 is 0 Å². The lowest BCUT2D eigenvalue weighted by Crippen LogP contribution is -2.38. The Morgan fingerprint density at radius 2 is 1.70 bits per heavy atom. The summed E-state index contributed by atoms with van der Waals surface area (Å²) >= 11 is 0. The van der Waals surface area contributed by atoms with Crippen molar-refractivity contribution in [3.63, 3.8) is 0 Å². The third-order valence-corrected chi connectivity index (χ3v) is 5.77. The van der Waals surface area contributed by atoms with Gasteiger partial charge in [0.05, 0.1) is 10.1 Å². The number of primary sulfonamides is 1. The van der Waals surface area contributed by atoms with E-state index < -0.39 is 25.3 Å². The minimum atomic E-state index is -3.74. The zero-order valence-corrected chi connectivity index (χ0v) is 12.7. The molecule has 0 aromatic heterocycles. The predicted octanol–water partition coefficient (Wildman–Crippen LogP) is -0.509. The fourth-order valence-electron chi connectivity index (χ4n) is 1.61. The van der Waals surface area contributed by atoms with E-state index in [1.807, 2.05) is 0 Å². The number of rotatable bonds is 7. The van der Waals surface area contributed by atoms with Gasteiger partial charge in [-0.15, -0.1) is 0 Å². The summed E-state index contributed by atoms with van der Waals surface area (Å²) in [5.74, 6) is 0. The van der Waals surface area contributed by atoms with Crippen LogP contribution in [0.3, 0.4) is 0 Å². The first-order chi connectivity index (χ1) is 9.20. The van der Waals surface area contributed by atoms with Gasteiger partial charge in [0.1, 0.15) is 0 Å². The molecule has 114 valence electrons. The zero-order chi connectivity index (χ0) is 15.4. The van der Waals surface area contributed by atoms with Crippen LogP contribution in [0, 0.1) is 0 Å². The van der Waals surface area contributed by atoms with Crippen molar-refractivity contribution in [2.75, 3.05) is 6.54 Å². The van der Waals surface area contributed by atoms with Crippen molar-refractivity contribution in [2.45, 2.75) is 30.0 Å². The molecular formula is C11H19N3O4S2. The second-order valence-corrected chi connectivity index (χ2v) is 7.93. The molecule has 0 spiro atoms. The van der Waals surface area contributed by atoms with Gasteiger partial charge in [-0.05, 0) is 24.1 Å². The Labute approximate surface area is 119 Å². The highest BCUT2D eigenvalue weighted by Gasteiger charge is 2.21. The molecule has 1 aromatic carbocycles. The van der Waals surface area contributed by atoms with Crippen molar-refractivity contribution in [1.29, 1.82) is 0 Å². The summed E-state index contributed by atoms with van der Waals surface area (Å²) in [6.45, 7) is 1.87. The van der Waals surface area contributed by atoms with Gasteiger partial charge in [0.25, 0.3) is 0 Å². The smallest absolute Gasteiger partial charge is 0.238 e. The van der Waals surface area contributed by atoms with Gasteiger partial charge in [-0.25, -0.2) is 26.7 Å².